The highest BCUT2D eigenvalue weighted by molar-refractivity contribution is 7.92. The van der Waals surface area contributed by atoms with Crippen molar-refractivity contribution in [2.45, 2.75) is 70.0 Å². The average molecular weight is 652 g/mol. The van der Waals surface area contributed by atoms with Gasteiger partial charge in [-0.1, -0.05) is 38.1 Å². The Morgan fingerprint density at radius 1 is 1.02 bits per heavy atom. The minimum atomic E-state index is -2.97. The zero-order chi connectivity index (χ0) is 31.9. The fourth-order valence-corrected chi connectivity index (χ4v) is 8.76. The highest BCUT2D eigenvalue weighted by atomic mass is 32.2. The molecule has 4 bridgehead atoms. The predicted molar refractivity (Wildman–Crippen MR) is 175 cm³/mol. The lowest BCUT2D eigenvalue weighted by Gasteiger charge is -2.50. The number of fused-ring (bicyclic) bond motifs is 4. The van der Waals surface area contributed by atoms with Crippen molar-refractivity contribution in [2.24, 2.45) is 5.92 Å². The van der Waals surface area contributed by atoms with Crippen LogP contribution < -0.4 is 9.46 Å². The number of nitrogens with one attached hydrogen (secondary N) is 1. The number of nitrogens with zero attached hydrogens (tertiary/aromatic N) is 4. The second kappa shape index (κ2) is 12.9. The standard InChI is InChI=1S/C33H41N5O5S2/c1-21(2)15-27-20-43-30-19-29(31-22(3)7-5-8-23(31)4)34-33(35-30)36-44(40)28-10-6-9-24(16-28)32(39)38(27)26-17-25(18-26)37-11-13-45(41,42)14-12-37/h5-10,16,19,21,25-27H,11-15,17-18,20H2,1-4H3,(H,34,35,36)/t25?,26?,27-,44?/m1/s1. The number of aromatic nitrogens is 2. The number of ether oxygens (including phenoxy) is 1. The largest absolute Gasteiger partial charge is 0.588 e. The summed E-state index contributed by atoms with van der Waals surface area (Å²) in [4.78, 5) is 28.3. The average Bonchev–Trinajstić information content (AvgIpc) is 2.97. The maximum atomic E-state index is 14.3. The summed E-state index contributed by atoms with van der Waals surface area (Å²) in [7, 11) is -2.97. The van der Waals surface area contributed by atoms with E-state index in [2.05, 4.69) is 28.5 Å². The summed E-state index contributed by atoms with van der Waals surface area (Å²) < 4.78 is 46.9. The lowest BCUT2D eigenvalue weighted by Crippen LogP contribution is -2.61. The third-order valence-corrected chi connectivity index (χ3v) is 11.8. The van der Waals surface area contributed by atoms with E-state index in [1.165, 1.54) is 0 Å². The van der Waals surface area contributed by atoms with E-state index in [0.717, 1.165) is 36.0 Å². The maximum absolute atomic E-state index is 14.3. The zero-order valence-electron chi connectivity index (χ0n) is 26.2. The molecule has 1 N–H and O–H groups in total. The first-order valence-corrected chi connectivity index (χ1v) is 18.6. The molecule has 1 saturated heterocycles. The Hall–Kier alpha value is -3.19. The van der Waals surface area contributed by atoms with E-state index in [-0.39, 0.29) is 48.1 Å². The number of hydrogen-bond acceptors (Lipinski definition) is 9. The van der Waals surface area contributed by atoms with Crippen molar-refractivity contribution in [3.63, 3.8) is 0 Å². The molecule has 6 rings (SSSR count). The van der Waals surface area contributed by atoms with Crippen LogP contribution in [-0.4, -0.2) is 88.0 Å². The van der Waals surface area contributed by atoms with E-state index in [4.69, 9.17) is 9.72 Å². The van der Waals surface area contributed by atoms with E-state index in [1.807, 2.05) is 43.0 Å². The summed E-state index contributed by atoms with van der Waals surface area (Å²) in [5, 5.41) is 0. The van der Waals surface area contributed by atoms with Crippen LogP contribution in [0.5, 0.6) is 5.88 Å². The SMILES string of the molecule is Cc1cccc(C)c1-c1cc2nc(n1)N[S+]([O-])c1cccc(c1)C(=O)N(C1CC(N3CCS(=O)(=O)CC3)C1)[C@H](CC(C)C)CO2. The van der Waals surface area contributed by atoms with Crippen LogP contribution in [0.25, 0.3) is 11.3 Å². The predicted octanol–water partition coefficient (Wildman–Crippen LogP) is 4.41. The molecular weight excluding hydrogens is 611 g/mol. The van der Waals surface area contributed by atoms with E-state index in [0.29, 0.717) is 41.0 Å². The van der Waals surface area contributed by atoms with Crippen LogP contribution in [0.1, 0.15) is 54.6 Å². The normalized spacial score (nSPS) is 25.3. The number of sulfone groups is 1. The van der Waals surface area contributed by atoms with Crippen molar-refractivity contribution in [1.29, 1.82) is 0 Å². The van der Waals surface area contributed by atoms with Gasteiger partial charge in [0, 0.05) is 48.4 Å². The molecular formula is C33H41N5O5S2. The molecule has 1 aromatic heterocycles. The molecule has 1 saturated carbocycles. The summed E-state index contributed by atoms with van der Waals surface area (Å²) >= 11 is -1.73. The topological polar surface area (TPSA) is 128 Å². The Kier molecular flexibility index (Phi) is 9.11. The van der Waals surface area contributed by atoms with Gasteiger partial charge in [0.15, 0.2) is 14.7 Å². The molecule has 2 atom stereocenters. The summed E-state index contributed by atoms with van der Waals surface area (Å²) in [6.45, 7) is 9.63. The third-order valence-electron chi connectivity index (χ3n) is 9.09. The quantitative estimate of drug-likeness (QED) is 0.399. The first-order chi connectivity index (χ1) is 21.5. The summed E-state index contributed by atoms with van der Waals surface area (Å²) in [5.74, 6) is 1.06. The van der Waals surface area contributed by atoms with Crippen molar-refractivity contribution in [1.82, 2.24) is 19.8 Å². The molecule has 2 aromatic carbocycles. The molecule has 12 heteroatoms. The van der Waals surface area contributed by atoms with Gasteiger partial charge in [0.25, 0.3) is 11.9 Å². The van der Waals surface area contributed by atoms with E-state index < -0.39 is 21.2 Å². The van der Waals surface area contributed by atoms with Crippen LogP contribution >= 0.6 is 0 Å². The highest BCUT2D eigenvalue weighted by Crippen LogP contribution is 2.36. The summed E-state index contributed by atoms with van der Waals surface area (Å²) in [6.07, 6.45) is 2.25. The van der Waals surface area contributed by atoms with Gasteiger partial charge < -0.3 is 14.2 Å². The first kappa shape index (κ1) is 31.8. The molecule has 3 heterocycles. The number of carbonyl (C=O) groups is 1. The Bertz CT molecular complexity index is 1640. The van der Waals surface area contributed by atoms with Crippen molar-refractivity contribution >= 4 is 33.1 Å². The number of hydrogen-bond donors (Lipinski definition) is 1. The monoisotopic (exact) mass is 651 g/mol. The number of amides is 1. The molecule has 2 fully saturated rings. The smallest absolute Gasteiger partial charge is 0.269 e. The lowest BCUT2D eigenvalue weighted by molar-refractivity contribution is -0.000936. The van der Waals surface area contributed by atoms with Gasteiger partial charge >= 0.3 is 0 Å². The molecule has 10 nitrogen and oxygen atoms in total. The number of benzene rings is 2. The lowest BCUT2D eigenvalue weighted by atomic mass is 9.82. The molecule has 45 heavy (non-hydrogen) atoms. The van der Waals surface area contributed by atoms with E-state index in [9.17, 15) is 17.8 Å². The molecule has 1 unspecified atom stereocenters. The van der Waals surface area contributed by atoms with Crippen LogP contribution in [0.4, 0.5) is 5.95 Å². The molecule has 0 spiro atoms. The van der Waals surface area contributed by atoms with Crippen molar-refractivity contribution in [3.8, 4) is 17.1 Å². The van der Waals surface area contributed by atoms with Gasteiger partial charge in [-0.3, -0.25) is 9.69 Å². The Labute approximate surface area is 268 Å². The molecule has 3 aliphatic rings. The molecule has 1 aliphatic carbocycles. The number of aryl methyl sites for hydroxylation is 2. The zero-order valence-corrected chi connectivity index (χ0v) is 27.9. The molecule has 240 valence electrons. The second-order valence-corrected chi connectivity index (χ2v) is 16.4. The van der Waals surface area contributed by atoms with Crippen LogP contribution in [0, 0.1) is 19.8 Å². The third kappa shape index (κ3) is 6.98. The first-order valence-electron chi connectivity index (χ1n) is 15.6. The van der Waals surface area contributed by atoms with Gasteiger partial charge in [-0.2, -0.15) is 9.71 Å². The minimum absolute atomic E-state index is 0.0306. The molecule has 2 aliphatic heterocycles. The van der Waals surface area contributed by atoms with Crippen LogP contribution in [0.2, 0.25) is 0 Å². The van der Waals surface area contributed by atoms with E-state index in [1.54, 1.807) is 24.3 Å². The Morgan fingerprint density at radius 2 is 1.71 bits per heavy atom. The Balaban J connectivity index is 1.36. The fourth-order valence-electron chi connectivity index (χ4n) is 6.72. The Morgan fingerprint density at radius 3 is 2.40 bits per heavy atom. The van der Waals surface area contributed by atoms with Crippen molar-refractivity contribution < 1.29 is 22.5 Å². The van der Waals surface area contributed by atoms with Crippen LogP contribution in [0.3, 0.4) is 0 Å². The molecule has 3 aromatic rings. The van der Waals surface area contributed by atoms with Crippen LogP contribution in [-0.2, 0) is 21.2 Å². The number of anilines is 1. The van der Waals surface area contributed by atoms with Gasteiger partial charge in [-0.25, -0.2) is 13.4 Å². The van der Waals surface area contributed by atoms with Gasteiger partial charge in [0.1, 0.15) is 18.0 Å². The second-order valence-electron chi connectivity index (χ2n) is 12.9. The molecule has 1 amide bonds. The van der Waals surface area contributed by atoms with Crippen molar-refractivity contribution in [2.75, 3.05) is 35.9 Å². The summed E-state index contributed by atoms with van der Waals surface area (Å²) in [5.41, 5.74) is 4.20. The van der Waals surface area contributed by atoms with Gasteiger partial charge in [-0.15, -0.1) is 0 Å². The highest BCUT2D eigenvalue weighted by Gasteiger charge is 2.43. The number of carbonyl (C=O) groups excluding carboxylic acids is 1. The van der Waals surface area contributed by atoms with E-state index >= 15 is 0 Å². The van der Waals surface area contributed by atoms with Gasteiger partial charge in [0.2, 0.25) is 5.88 Å². The maximum Gasteiger partial charge on any atom is 0.269 e. The number of rotatable bonds is 5. The van der Waals surface area contributed by atoms with Crippen molar-refractivity contribution in [3.05, 3.63) is 65.2 Å². The van der Waals surface area contributed by atoms with Gasteiger partial charge in [-0.05, 0) is 62.3 Å². The van der Waals surface area contributed by atoms with Crippen LogP contribution in [0.15, 0.2) is 53.4 Å². The molecule has 0 radical (unpaired) electrons. The fraction of sp³-hybridized carbons (Fsp3) is 0.485. The summed E-state index contributed by atoms with van der Waals surface area (Å²) in [6, 6.07) is 14.8. The van der Waals surface area contributed by atoms with Gasteiger partial charge in [0.05, 0.1) is 23.2 Å². The minimum Gasteiger partial charge on any atom is -0.588 e.